The molecule has 140 valence electrons. The van der Waals surface area contributed by atoms with Crippen LogP contribution in [0.5, 0.6) is 0 Å². The number of halogens is 1. The van der Waals surface area contributed by atoms with Crippen LogP contribution in [0.15, 0.2) is 103 Å². The summed E-state index contributed by atoms with van der Waals surface area (Å²) in [5.41, 5.74) is 4.58. The van der Waals surface area contributed by atoms with E-state index in [1.165, 1.54) is 15.9 Å². The fourth-order valence-corrected chi connectivity index (χ4v) is 7.24. The second-order valence-corrected chi connectivity index (χ2v) is 9.80. The Kier molecular flexibility index (Phi) is 7.79. The highest BCUT2D eigenvalue weighted by Gasteiger charge is 2.43. The highest BCUT2D eigenvalue weighted by atomic mass is 79.9. The molecule has 0 saturated carbocycles. The van der Waals surface area contributed by atoms with Crippen LogP contribution in [0, 0.1) is 0 Å². The minimum absolute atomic E-state index is 0. The number of nitrogens with zero attached hydrogens (tertiary/aromatic N) is 1. The molecule has 0 bridgehead atoms. The van der Waals surface area contributed by atoms with Crippen LogP contribution in [0.3, 0.4) is 0 Å². The zero-order valence-corrected chi connectivity index (χ0v) is 18.5. The lowest BCUT2D eigenvalue weighted by molar-refractivity contribution is -0.00000547. The maximum Gasteiger partial charge on any atom is 0.138 e. The van der Waals surface area contributed by atoms with Crippen molar-refractivity contribution in [1.29, 1.82) is 0 Å². The Balaban J connectivity index is 0.00000261. The topological polar surface area (TPSA) is 15.3 Å². The average molecular weight is 441 g/mol. The van der Waals surface area contributed by atoms with E-state index in [4.69, 9.17) is 0 Å². The van der Waals surface area contributed by atoms with Gasteiger partial charge in [-0.1, -0.05) is 54.6 Å². The lowest BCUT2D eigenvalue weighted by Gasteiger charge is -2.25. The van der Waals surface area contributed by atoms with Gasteiger partial charge < -0.3 is 22.4 Å². The molecule has 0 radical (unpaired) electrons. The van der Waals surface area contributed by atoms with Crippen LogP contribution in [0.2, 0.25) is 0 Å². The van der Waals surface area contributed by atoms with Gasteiger partial charge in [-0.2, -0.15) is 0 Å². The number of hydrogen-bond acceptors (Lipinski definition) is 2. The molecular formula is C23H26BrN2P. The van der Waals surface area contributed by atoms with Gasteiger partial charge in [0.2, 0.25) is 0 Å². The minimum Gasteiger partial charge on any atom is -1.00 e. The van der Waals surface area contributed by atoms with E-state index in [2.05, 4.69) is 109 Å². The summed E-state index contributed by atoms with van der Waals surface area (Å²) < 4.78 is 0. The van der Waals surface area contributed by atoms with Crippen LogP contribution < -0.4 is 38.3 Å². The SMILES string of the molecule is C/C(=C\[P+](c1ccccc1)(c1ccccc1)c1ccccc1)NN(C)C.[Br-]. The number of benzene rings is 3. The molecule has 0 atom stereocenters. The summed E-state index contributed by atoms with van der Waals surface area (Å²) in [6.07, 6.45) is 0. The van der Waals surface area contributed by atoms with E-state index >= 15 is 0 Å². The summed E-state index contributed by atoms with van der Waals surface area (Å²) in [5, 5.41) is 6.06. The maximum atomic E-state index is 3.43. The van der Waals surface area contributed by atoms with Crippen molar-refractivity contribution in [1.82, 2.24) is 10.4 Å². The summed E-state index contributed by atoms with van der Waals surface area (Å²) in [4.78, 5) is 0. The van der Waals surface area contributed by atoms with Crippen LogP contribution in [0.1, 0.15) is 6.92 Å². The van der Waals surface area contributed by atoms with E-state index in [0.717, 1.165) is 5.70 Å². The zero-order chi connectivity index (χ0) is 18.4. The molecule has 0 spiro atoms. The van der Waals surface area contributed by atoms with Crippen LogP contribution in [-0.4, -0.2) is 19.1 Å². The Bertz CT molecular complexity index is 753. The molecule has 0 aliphatic carbocycles. The highest BCUT2D eigenvalue weighted by Crippen LogP contribution is 2.57. The Hall–Kier alpha value is -1.93. The maximum absolute atomic E-state index is 3.43. The standard InChI is InChI=1S/C23H26N2P.BrH/c1-20(24-25(2)3)19-26(21-13-7-4-8-14-21,22-15-9-5-10-16-22)23-17-11-6-12-18-23;/h4-19,24H,1-3H3;1H/q+1;/p-1/b20-19+;. The molecule has 27 heavy (non-hydrogen) atoms. The van der Waals surface area contributed by atoms with Crippen molar-refractivity contribution in [2.75, 3.05) is 14.1 Å². The van der Waals surface area contributed by atoms with Crippen molar-refractivity contribution < 1.29 is 17.0 Å². The highest BCUT2D eigenvalue weighted by molar-refractivity contribution is 7.98. The molecule has 0 aliphatic rings. The quantitative estimate of drug-likeness (QED) is 0.452. The van der Waals surface area contributed by atoms with Gasteiger partial charge >= 0.3 is 0 Å². The summed E-state index contributed by atoms with van der Waals surface area (Å²) in [5.74, 6) is 2.44. The summed E-state index contributed by atoms with van der Waals surface area (Å²) in [7, 11) is 2.12. The predicted molar refractivity (Wildman–Crippen MR) is 116 cm³/mol. The monoisotopic (exact) mass is 440 g/mol. The van der Waals surface area contributed by atoms with Crippen LogP contribution >= 0.6 is 7.26 Å². The first-order valence-electron chi connectivity index (χ1n) is 8.82. The molecule has 1 N–H and O–H groups in total. The number of hydrazine groups is 1. The fraction of sp³-hybridized carbons (Fsp3) is 0.130. The summed E-state index contributed by atoms with van der Waals surface area (Å²) in [6.45, 7) is 2.14. The molecule has 0 heterocycles. The van der Waals surface area contributed by atoms with E-state index < -0.39 is 7.26 Å². The fourth-order valence-electron chi connectivity index (χ4n) is 3.33. The average Bonchev–Trinajstić information content (AvgIpc) is 2.67. The number of rotatable bonds is 6. The third-order valence-electron chi connectivity index (χ3n) is 4.28. The Morgan fingerprint density at radius 1 is 0.704 bits per heavy atom. The molecule has 0 saturated heterocycles. The van der Waals surface area contributed by atoms with E-state index in [-0.39, 0.29) is 17.0 Å². The predicted octanol–water partition coefficient (Wildman–Crippen LogP) is 0.912. The molecule has 3 rings (SSSR count). The van der Waals surface area contributed by atoms with Gasteiger partial charge in [-0.05, 0) is 43.3 Å². The first-order chi connectivity index (χ1) is 12.6. The molecule has 2 nitrogen and oxygen atoms in total. The molecular weight excluding hydrogens is 415 g/mol. The van der Waals surface area contributed by atoms with Gasteiger partial charge in [-0.25, -0.2) is 5.01 Å². The van der Waals surface area contributed by atoms with Crippen molar-refractivity contribution in [3.8, 4) is 0 Å². The largest absolute Gasteiger partial charge is 1.00 e. The molecule has 3 aromatic rings. The lowest BCUT2D eigenvalue weighted by atomic mass is 10.4. The van der Waals surface area contributed by atoms with Gasteiger partial charge in [0.15, 0.2) is 0 Å². The van der Waals surface area contributed by atoms with Gasteiger partial charge in [0.1, 0.15) is 23.2 Å². The van der Waals surface area contributed by atoms with Crippen molar-refractivity contribution in [2.45, 2.75) is 6.92 Å². The molecule has 0 aromatic heterocycles. The van der Waals surface area contributed by atoms with Crippen molar-refractivity contribution in [3.63, 3.8) is 0 Å². The van der Waals surface area contributed by atoms with Crippen LogP contribution in [0.25, 0.3) is 0 Å². The second kappa shape index (κ2) is 9.85. The summed E-state index contributed by atoms with van der Waals surface area (Å²) >= 11 is 0. The van der Waals surface area contributed by atoms with Crippen molar-refractivity contribution in [3.05, 3.63) is 103 Å². The normalized spacial score (nSPS) is 11.8. The lowest BCUT2D eigenvalue weighted by Crippen LogP contribution is -3.00. The van der Waals surface area contributed by atoms with Gasteiger partial charge in [0.05, 0.1) is 11.5 Å². The Morgan fingerprint density at radius 3 is 1.33 bits per heavy atom. The minimum atomic E-state index is -1.92. The summed E-state index contributed by atoms with van der Waals surface area (Å²) in [6, 6.07) is 32.6. The van der Waals surface area contributed by atoms with Gasteiger partial charge in [0.25, 0.3) is 0 Å². The van der Waals surface area contributed by atoms with E-state index in [1.807, 2.05) is 19.1 Å². The van der Waals surface area contributed by atoms with Gasteiger partial charge in [0, 0.05) is 14.1 Å². The van der Waals surface area contributed by atoms with E-state index in [1.54, 1.807) is 0 Å². The Labute approximate surface area is 174 Å². The number of nitrogens with one attached hydrogen (secondary N) is 1. The van der Waals surface area contributed by atoms with Crippen molar-refractivity contribution >= 4 is 23.2 Å². The van der Waals surface area contributed by atoms with E-state index in [0.29, 0.717) is 0 Å². The van der Waals surface area contributed by atoms with Crippen LogP contribution in [0.4, 0.5) is 0 Å². The third kappa shape index (κ3) is 4.87. The molecule has 0 unspecified atom stereocenters. The van der Waals surface area contributed by atoms with Crippen LogP contribution in [-0.2, 0) is 0 Å². The van der Waals surface area contributed by atoms with E-state index in [9.17, 15) is 0 Å². The van der Waals surface area contributed by atoms with Gasteiger partial charge in [-0.15, -0.1) is 0 Å². The Morgan fingerprint density at radius 2 is 1.04 bits per heavy atom. The second-order valence-electron chi connectivity index (χ2n) is 6.55. The van der Waals surface area contributed by atoms with Crippen molar-refractivity contribution in [2.24, 2.45) is 0 Å². The number of hydrogen-bond donors (Lipinski definition) is 1. The smallest absolute Gasteiger partial charge is 0.138 e. The third-order valence-corrected chi connectivity index (χ3v) is 8.39. The number of allylic oxidation sites excluding steroid dienone is 1. The molecule has 0 aliphatic heterocycles. The first-order valence-corrected chi connectivity index (χ1v) is 10.7. The molecule has 4 heteroatoms. The van der Waals surface area contributed by atoms with Gasteiger partial charge in [-0.3, -0.25) is 0 Å². The molecule has 3 aromatic carbocycles. The zero-order valence-electron chi connectivity index (χ0n) is 16.0. The molecule has 0 fully saturated rings. The first kappa shape index (κ1) is 21.4. The molecule has 0 amide bonds.